The van der Waals surface area contributed by atoms with Gasteiger partial charge in [0.15, 0.2) is 5.78 Å². The molecule has 1 aliphatic heterocycles. The van der Waals surface area contributed by atoms with Crippen LogP contribution >= 0.6 is 0 Å². The first-order chi connectivity index (χ1) is 8.15. The zero-order valence-corrected chi connectivity index (χ0v) is 9.86. The van der Waals surface area contributed by atoms with Crippen molar-refractivity contribution in [2.45, 2.75) is 19.3 Å². The van der Waals surface area contributed by atoms with Crippen LogP contribution in [-0.4, -0.2) is 25.5 Å². The molecule has 17 heavy (non-hydrogen) atoms. The van der Waals surface area contributed by atoms with Crippen molar-refractivity contribution in [1.82, 2.24) is 0 Å². The van der Waals surface area contributed by atoms with Gasteiger partial charge < -0.3 is 9.47 Å². The summed E-state index contributed by atoms with van der Waals surface area (Å²) in [5, 5.41) is 0. The maximum atomic E-state index is 11.9. The number of rotatable bonds is 2. The van der Waals surface area contributed by atoms with E-state index in [0.29, 0.717) is 29.9 Å². The molecule has 0 saturated carbocycles. The number of hydrogen-bond acceptors (Lipinski definition) is 4. The summed E-state index contributed by atoms with van der Waals surface area (Å²) in [6.45, 7) is 2.13. The molecule has 90 valence electrons. The monoisotopic (exact) mass is 234 g/mol. The number of methoxy groups -OCH3 is 1. The lowest BCUT2D eigenvalue weighted by molar-refractivity contribution is -0.141. The standard InChI is InChI=1S/C13H14O4/c1-8(13(15)16-2)9-4-3-5-11-12(9)10(14)6-7-17-11/h3-5,8H,6-7H2,1-2H3. The Morgan fingerprint density at radius 1 is 1.47 bits per heavy atom. The van der Waals surface area contributed by atoms with Crippen LogP contribution in [0.3, 0.4) is 0 Å². The van der Waals surface area contributed by atoms with Crippen molar-refractivity contribution < 1.29 is 19.1 Å². The van der Waals surface area contributed by atoms with Crippen molar-refractivity contribution in [3.63, 3.8) is 0 Å². The highest BCUT2D eigenvalue weighted by atomic mass is 16.5. The highest BCUT2D eigenvalue weighted by Gasteiger charge is 2.27. The summed E-state index contributed by atoms with van der Waals surface area (Å²) in [5.74, 6) is -0.218. The molecule has 0 saturated heterocycles. The average molecular weight is 234 g/mol. The highest BCUT2D eigenvalue weighted by molar-refractivity contribution is 6.02. The molecule has 1 unspecified atom stereocenters. The number of carbonyl (C=O) groups excluding carboxylic acids is 2. The number of hydrogen-bond donors (Lipinski definition) is 0. The molecule has 0 bridgehead atoms. The molecule has 0 aromatic heterocycles. The minimum atomic E-state index is -0.458. The first-order valence-electron chi connectivity index (χ1n) is 5.52. The number of carbonyl (C=O) groups is 2. The average Bonchev–Trinajstić information content (AvgIpc) is 2.36. The van der Waals surface area contributed by atoms with Gasteiger partial charge in [0.1, 0.15) is 5.75 Å². The van der Waals surface area contributed by atoms with E-state index in [0.717, 1.165) is 0 Å². The fourth-order valence-corrected chi connectivity index (χ4v) is 2.01. The number of Topliss-reactive ketones (excluding diaryl/α,β-unsaturated/α-hetero) is 1. The number of ether oxygens (including phenoxy) is 2. The summed E-state index contributed by atoms with van der Waals surface area (Å²) in [6, 6.07) is 5.30. The highest BCUT2D eigenvalue weighted by Crippen LogP contribution is 2.32. The van der Waals surface area contributed by atoms with E-state index < -0.39 is 5.92 Å². The molecule has 1 aliphatic rings. The van der Waals surface area contributed by atoms with Gasteiger partial charge in [-0.05, 0) is 18.6 Å². The lowest BCUT2D eigenvalue weighted by Crippen LogP contribution is -2.20. The lowest BCUT2D eigenvalue weighted by atomic mass is 9.91. The maximum Gasteiger partial charge on any atom is 0.312 e. The van der Waals surface area contributed by atoms with Gasteiger partial charge >= 0.3 is 5.97 Å². The predicted molar refractivity (Wildman–Crippen MR) is 61.3 cm³/mol. The van der Waals surface area contributed by atoms with E-state index in [1.54, 1.807) is 25.1 Å². The Hall–Kier alpha value is -1.84. The Balaban J connectivity index is 2.48. The first-order valence-corrected chi connectivity index (χ1v) is 5.52. The summed E-state index contributed by atoms with van der Waals surface area (Å²) >= 11 is 0. The third kappa shape index (κ3) is 2.02. The van der Waals surface area contributed by atoms with Gasteiger partial charge in [0.25, 0.3) is 0 Å². The van der Waals surface area contributed by atoms with E-state index in [4.69, 9.17) is 9.47 Å². The van der Waals surface area contributed by atoms with Gasteiger partial charge in [-0.3, -0.25) is 9.59 Å². The Kier molecular flexibility index (Phi) is 3.13. The quantitative estimate of drug-likeness (QED) is 0.734. The van der Waals surface area contributed by atoms with E-state index in [2.05, 4.69) is 0 Å². The summed E-state index contributed by atoms with van der Waals surface area (Å²) in [7, 11) is 1.34. The largest absolute Gasteiger partial charge is 0.492 e. The van der Waals surface area contributed by atoms with E-state index >= 15 is 0 Å². The molecular weight excluding hydrogens is 220 g/mol. The SMILES string of the molecule is COC(=O)C(C)c1cccc2c1C(=O)CCO2. The second-order valence-electron chi connectivity index (χ2n) is 3.99. The zero-order chi connectivity index (χ0) is 12.4. The molecule has 0 spiro atoms. The van der Waals surface area contributed by atoms with E-state index in [-0.39, 0.29) is 11.8 Å². The molecule has 1 heterocycles. The van der Waals surface area contributed by atoms with E-state index in [9.17, 15) is 9.59 Å². The van der Waals surface area contributed by atoms with Crippen LogP contribution in [0.2, 0.25) is 0 Å². The third-order valence-electron chi connectivity index (χ3n) is 2.95. The van der Waals surface area contributed by atoms with Crippen molar-refractivity contribution in [2.24, 2.45) is 0 Å². The van der Waals surface area contributed by atoms with Crippen LogP contribution in [0.5, 0.6) is 5.75 Å². The first kappa shape index (κ1) is 11.6. The number of benzene rings is 1. The molecule has 1 atom stereocenters. The van der Waals surface area contributed by atoms with Crippen LogP contribution in [-0.2, 0) is 9.53 Å². The molecule has 0 fully saturated rings. The van der Waals surface area contributed by atoms with Crippen LogP contribution in [0.25, 0.3) is 0 Å². The fourth-order valence-electron chi connectivity index (χ4n) is 2.01. The van der Waals surface area contributed by atoms with Crippen LogP contribution in [0, 0.1) is 0 Å². The van der Waals surface area contributed by atoms with Gasteiger partial charge in [-0.25, -0.2) is 0 Å². The Bertz CT molecular complexity index is 464. The summed E-state index contributed by atoms with van der Waals surface area (Å²) in [5.41, 5.74) is 1.20. The second-order valence-corrected chi connectivity index (χ2v) is 3.99. The van der Waals surface area contributed by atoms with Crippen molar-refractivity contribution >= 4 is 11.8 Å². The summed E-state index contributed by atoms with van der Waals surface area (Å²) < 4.78 is 10.1. The number of esters is 1. The number of fused-ring (bicyclic) bond motifs is 1. The molecule has 1 aromatic carbocycles. The van der Waals surface area contributed by atoms with Gasteiger partial charge in [0.2, 0.25) is 0 Å². The van der Waals surface area contributed by atoms with Crippen LogP contribution < -0.4 is 4.74 Å². The number of ketones is 1. The van der Waals surface area contributed by atoms with Gasteiger partial charge in [0.05, 0.1) is 25.2 Å². The molecule has 0 radical (unpaired) electrons. The molecule has 1 aromatic rings. The smallest absolute Gasteiger partial charge is 0.312 e. The van der Waals surface area contributed by atoms with Crippen molar-refractivity contribution in [2.75, 3.05) is 13.7 Å². The second kappa shape index (κ2) is 4.57. The minimum Gasteiger partial charge on any atom is -0.492 e. The van der Waals surface area contributed by atoms with Crippen molar-refractivity contribution in [3.8, 4) is 5.75 Å². The molecule has 4 heteroatoms. The van der Waals surface area contributed by atoms with Gasteiger partial charge in [-0.15, -0.1) is 0 Å². The van der Waals surface area contributed by atoms with Crippen LogP contribution in [0.15, 0.2) is 18.2 Å². The van der Waals surface area contributed by atoms with Crippen LogP contribution in [0.4, 0.5) is 0 Å². The summed E-state index contributed by atoms with van der Waals surface area (Å²) in [4.78, 5) is 23.4. The normalized spacial score (nSPS) is 15.8. The Morgan fingerprint density at radius 2 is 2.24 bits per heavy atom. The molecule has 4 nitrogen and oxygen atoms in total. The minimum absolute atomic E-state index is 0.0256. The fraction of sp³-hybridized carbons (Fsp3) is 0.385. The molecule has 0 amide bonds. The van der Waals surface area contributed by atoms with Crippen molar-refractivity contribution in [1.29, 1.82) is 0 Å². The molecular formula is C13H14O4. The van der Waals surface area contributed by atoms with Gasteiger partial charge in [-0.1, -0.05) is 12.1 Å². The topological polar surface area (TPSA) is 52.6 Å². The van der Waals surface area contributed by atoms with Gasteiger partial charge in [0, 0.05) is 6.42 Å². The molecule has 0 N–H and O–H groups in total. The van der Waals surface area contributed by atoms with Crippen LogP contribution in [0.1, 0.15) is 35.2 Å². The Labute approximate surface area is 99.5 Å². The van der Waals surface area contributed by atoms with E-state index in [1.165, 1.54) is 7.11 Å². The Morgan fingerprint density at radius 3 is 2.94 bits per heavy atom. The van der Waals surface area contributed by atoms with Gasteiger partial charge in [-0.2, -0.15) is 0 Å². The maximum absolute atomic E-state index is 11.9. The zero-order valence-electron chi connectivity index (χ0n) is 9.86. The molecule has 2 rings (SSSR count). The lowest BCUT2D eigenvalue weighted by Gasteiger charge is -2.21. The van der Waals surface area contributed by atoms with Crippen molar-refractivity contribution in [3.05, 3.63) is 29.3 Å². The third-order valence-corrected chi connectivity index (χ3v) is 2.95. The van der Waals surface area contributed by atoms with E-state index in [1.807, 2.05) is 0 Å². The molecule has 0 aliphatic carbocycles. The predicted octanol–water partition coefficient (Wildman–Crippen LogP) is 1.93. The summed E-state index contributed by atoms with van der Waals surface area (Å²) in [6.07, 6.45) is 0.359.